The lowest BCUT2D eigenvalue weighted by molar-refractivity contribution is -0.132. The Morgan fingerprint density at radius 1 is 1.29 bits per heavy atom. The molecule has 0 aliphatic carbocycles. The van der Waals surface area contributed by atoms with Gasteiger partial charge in [-0.2, -0.15) is 17.6 Å². The average molecular weight is 229 g/mol. The van der Waals surface area contributed by atoms with Crippen LogP contribution in [0.5, 0.6) is 0 Å². The van der Waals surface area contributed by atoms with Crippen LogP contribution in [0.2, 0.25) is 0 Å². The zero-order valence-corrected chi connectivity index (χ0v) is 9.21. The smallest absolute Gasteiger partial charge is 0.234 e. The fourth-order valence-electron chi connectivity index (χ4n) is 0.507. The second kappa shape index (κ2) is 4.91. The molecule has 0 rings (SSSR count). The van der Waals surface area contributed by atoms with Crippen molar-refractivity contribution >= 4 is 17.2 Å². The van der Waals surface area contributed by atoms with Crippen LogP contribution in [0.15, 0.2) is 4.40 Å². The van der Waals surface area contributed by atoms with Crippen molar-refractivity contribution in [3.05, 3.63) is 0 Å². The van der Waals surface area contributed by atoms with Crippen LogP contribution >= 0.6 is 0 Å². The van der Waals surface area contributed by atoms with Crippen LogP contribution in [-0.2, 0) is 11.0 Å². The maximum Gasteiger partial charge on any atom is 0.389 e. The Hall–Kier alpha value is -0.390. The maximum absolute atomic E-state index is 11.7. The molecule has 0 bridgehead atoms. The van der Waals surface area contributed by atoms with Crippen LogP contribution in [0.25, 0.3) is 0 Å². The third-order valence-corrected chi connectivity index (χ3v) is 2.64. The van der Waals surface area contributed by atoms with Crippen molar-refractivity contribution < 1.29 is 17.4 Å². The molecule has 0 amide bonds. The number of hydrogen-bond acceptors (Lipinski definition) is 1. The van der Waals surface area contributed by atoms with Crippen LogP contribution in [0, 0.1) is 0 Å². The summed E-state index contributed by atoms with van der Waals surface area (Å²) in [5, 5.41) is 0. The van der Waals surface area contributed by atoms with Gasteiger partial charge in [0.25, 0.3) is 0 Å². The number of rotatable bonds is 3. The van der Waals surface area contributed by atoms with Crippen molar-refractivity contribution in [2.24, 2.45) is 4.40 Å². The highest BCUT2D eigenvalue weighted by Crippen LogP contribution is 2.20. The molecule has 0 saturated carbocycles. The highest BCUT2D eigenvalue weighted by molar-refractivity contribution is 7.85. The summed E-state index contributed by atoms with van der Waals surface area (Å²) < 4.78 is 49.3. The number of halogens is 3. The van der Waals surface area contributed by atoms with Crippen molar-refractivity contribution in [2.75, 3.05) is 0 Å². The van der Waals surface area contributed by atoms with Gasteiger partial charge in [0.2, 0.25) is 0 Å². The van der Waals surface area contributed by atoms with E-state index in [0.29, 0.717) is 0 Å². The van der Waals surface area contributed by atoms with Gasteiger partial charge in [-0.25, -0.2) is 4.21 Å². The summed E-state index contributed by atoms with van der Waals surface area (Å²) in [7, 11) is -1.46. The van der Waals surface area contributed by atoms with E-state index in [1.54, 1.807) is 20.8 Å². The van der Waals surface area contributed by atoms with E-state index in [4.69, 9.17) is 0 Å². The van der Waals surface area contributed by atoms with Crippen molar-refractivity contribution in [3.8, 4) is 0 Å². The Morgan fingerprint density at radius 3 is 2.14 bits per heavy atom. The summed E-state index contributed by atoms with van der Waals surface area (Å²) in [4.78, 5) is 0. The summed E-state index contributed by atoms with van der Waals surface area (Å²) in [6.07, 6.45) is -4.23. The summed E-state index contributed by atoms with van der Waals surface area (Å²) in [6, 6.07) is 0. The van der Waals surface area contributed by atoms with E-state index < -0.39 is 28.3 Å². The molecule has 1 atom stereocenters. The van der Waals surface area contributed by atoms with Gasteiger partial charge in [0.05, 0.1) is 4.75 Å². The SMILES string of the molecule is CC(C)(C)S(=O)/N=C\CCC(F)(F)F. The molecule has 0 N–H and O–H groups in total. The molecule has 0 heterocycles. The summed E-state index contributed by atoms with van der Waals surface area (Å²) >= 11 is 0. The first-order chi connectivity index (χ1) is 6.13. The van der Waals surface area contributed by atoms with E-state index in [2.05, 4.69) is 4.40 Å². The molecule has 1 unspecified atom stereocenters. The van der Waals surface area contributed by atoms with Crippen LogP contribution in [0.1, 0.15) is 33.6 Å². The van der Waals surface area contributed by atoms with Gasteiger partial charge in [0.1, 0.15) is 11.0 Å². The fourth-order valence-corrected chi connectivity index (χ4v) is 1.06. The second-order valence-corrected chi connectivity index (χ2v) is 5.74. The molecule has 0 aromatic rings. The predicted molar refractivity (Wildman–Crippen MR) is 51.7 cm³/mol. The van der Waals surface area contributed by atoms with Crippen molar-refractivity contribution in [3.63, 3.8) is 0 Å². The molecule has 6 heteroatoms. The van der Waals surface area contributed by atoms with E-state index in [9.17, 15) is 17.4 Å². The van der Waals surface area contributed by atoms with E-state index in [-0.39, 0.29) is 6.42 Å². The lowest BCUT2D eigenvalue weighted by Crippen LogP contribution is -2.19. The lowest BCUT2D eigenvalue weighted by atomic mass is 10.3. The topological polar surface area (TPSA) is 29.4 Å². The highest BCUT2D eigenvalue weighted by atomic mass is 32.2. The van der Waals surface area contributed by atoms with E-state index in [1.807, 2.05) is 0 Å². The normalized spacial score (nSPS) is 16.1. The van der Waals surface area contributed by atoms with Crippen LogP contribution in [0.3, 0.4) is 0 Å². The van der Waals surface area contributed by atoms with Gasteiger partial charge in [-0.1, -0.05) is 0 Å². The van der Waals surface area contributed by atoms with Gasteiger partial charge in [-0.3, -0.25) is 0 Å². The number of nitrogens with zero attached hydrogens (tertiary/aromatic N) is 1. The predicted octanol–water partition coefficient (Wildman–Crippen LogP) is 2.86. The van der Waals surface area contributed by atoms with Crippen LogP contribution < -0.4 is 0 Å². The average Bonchev–Trinajstić information content (AvgIpc) is 1.93. The van der Waals surface area contributed by atoms with Gasteiger partial charge in [-0.05, 0) is 27.2 Å². The molecule has 84 valence electrons. The quantitative estimate of drug-likeness (QED) is 0.684. The fraction of sp³-hybridized carbons (Fsp3) is 0.875. The molecule has 0 radical (unpaired) electrons. The van der Waals surface area contributed by atoms with Crippen LogP contribution in [0.4, 0.5) is 13.2 Å². The lowest BCUT2D eigenvalue weighted by Gasteiger charge is -2.12. The summed E-state index contributed by atoms with van der Waals surface area (Å²) in [5.74, 6) is 0. The maximum atomic E-state index is 11.7. The van der Waals surface area contributed by atoms with Gasteiger partial charge < -0.3 is 0 Å². The Kier molecular flexibility index (Phi) is 4.77. The van der Waals surface area contributed by atoms with Crippen molar-refractivity contribution in [1.82, 2.24) is 0 Å². The van der Waals surface area contributed by atoms with E-state index >= 15 is 0 Å². The summed E-state index contributed by atoms with van der Waals surface area (Å²) in [5.41, 5.74) is 0. The molecule has 2 nitrogen and oxygen atoms in total. The first-order valence-electron chi connectivity index (χ1n) is 4.14. The monoisotopic (exact) mass is 229 g/mol. The van der Waals surface area contributed by atoms with Gasteiger partial charge in [0, 0.05) is 12.6 Å². The number of hydrogen-bond donors (Lipinski definition) is 0. The Bertz CT molecular complexity index is 230. The molecule has 0 fully saturated rings. The molecule has 0 aromatic heterocycles. The Balaban J connectivity index is 3.92. The highest BCUT2D eigenvalue weighted by Gasteiger charge is 2.25. The van der Waals surface area contributed by atoms with Gasteiger partial charge in [0.15, 0.2) is 0 Å². The van der Waals surface area contributed by atoms with Gasteiger partial charge >= 0.3 is 6.18 Å². The molecular formula is C8H14F3NOS. The molecule has 0 aliphatic rings. The third kappa shape index (κ3) is 7.06. The van der Waals surface area contributed by atoms with Crippen molar-refractivity contribution in [1.29, 1.82) is 0 Å². The molecule has 0 saturated heterocycles. The molecular weight excluding hydrogens is 215 g/mol. The third-order valence-electron chi connectivity index (χ3n) is 1.25. The molecule has 0 spiro atoms. The first kappa shape index (κ1) is 13.6. The zero-order chi connectivity index (χ0) is 11.4. The summed E-state index contributed by atoms with van der Waals surface area (Å²) in [6.45, 7) is 5.14. The Morgan fingerprint density at radius 2 is 1.79 bits per heavy atom. The number of alkyl halides is 3. The molecule has 0 aromatic carbocycles. The minimum atomic E-state index is -4.17. The second-order valence-electron chi connectivity index (χ2n) is 3.80. The molecule has 14 heavy (non-hydrogen) atoms. The molecule has 0 aliphatic heterocycles. The largest absolute Gasteiger partial charge is 0.389 e. The zero-order valence-electron chi connectivity index (χ0n) is 8.39. The first-order valence-corrected chi connectivity index (χ1v) is 5.25. The van der Waals surface area contributed by atoms with Crippen molar-refractivity contribution in [2.45, 2.75) is 44.5 Å². The minimum absolute atomic E-state index is 0.217. The van der Waals surface area contributed by atoms with Gasteiger partial charge in [-0.15, -0.1) is 0 Å². The van der Waals surface area contributed by atoms with Crippen LogP contribution in [-0.4, -0.2) is 21.3 Å². The standard InChI is InChI=1S/C8H14F3NOS/c1-7(2,3)14(13)12-6-4-5-8(9,10)11/h6H,4-5H2,1-3H3/b12-6-. The minimum Gasteiger partial charge on any atom is -0.234 e. The van der Waals surface area contributed by atoms with E-state index in [0.717, 1.165) is 6.21 Å². The van der Waals surface area contributed by atoms with E-state index in [1.165, 1.54) is 0 Å². The Labute approximate surface area is 84.2 Å².